The summed E-state index contributed by atoms with van der Waals surface area (Å²) >= 11 is 0. The van der Waals surface area contributed by atoms with E-state index in [4.69, 9.17) is 9.84 Å². The van der Waals surface area contributed by atoms with Crippen molar-refractivity contribution in [2.24, 2.45) is 0 Å². The van der Waals surface area contributed by atoms with E-state index in [0.29, 0.717) is 6.54 Å². The first-order valence-corrected chi connectivity index (χ1v) is 8.54. The minimum Gasteiger partial charge on any atom is -0.465 e. The molecule has 1 aliphatic heterocycles. The maximum Gasteiger partial charge on any atom is 0.410 e. The lowest BCUT2D eigenvalue weighted by molar-refractivity contribution is 0.0235. The summed E-state index contributed by atoms with van der Waals surface area (Å²) in [6.07, 6.45) is 0.635. The van der Waals surface area contributed by atoms with Crippen LogP contribution in [-0.2, 0) is 11.3 Å². The van der Waals surface area contributed by atoms with Crippen molar-refractivity contribution in [2.45, 2.75) is 51.8 Å². The number of benzene rings is 1. The number of hydrogen-bond acceptors (Lipinski definition) is 4. The second kappa shape index (κ2) is 8.09. The van der Waals surface area contributed by atoms with E-state index in [0.717, 1.165) is 30.6 Å². The molecular weight excluding hydrogens is 322 g/mol. The van der Waals surface area contributed by atoms with E-state index in [-0.39, 0.29) is 18.7 Å². The fourth-order valence-corrected chi connectivity index (χ4v) is 2.76. The van der Waals surface area contributed by atoms with Gasteiger partial charge in [-0.15, -0.1) is 0 Å². The maximum atomic E-state index is 12.3. The van der Waals surface area contributed by atoms with Crippen LogP contribution in [0.3, 0.4) is 0 Å². The lowest BCUT2D eigenvalue weighted by Gasteiger charge is -2.29. The number of carboxylic acid groups (broad SMARTS) is 1. The highest BCUT2D eigenvalue weighted by Gasteiger charge is 2.31. The molecule has 0 aromatic heterocycles. The molecule has 0 radical (unpaired) electrons. The highest BCUT2D eigenvalue weighted by molar-refractivity contribution is 5.69. The van der Waals surface area contributed by atoms with Crippen molar-refractivity contribution in [1.82, 2.24) is 10.2 Å². The molecule has 2 rings (SSSR count). The molecule has 1 aliphatic rings. The van der Waals surface area contributed by atoms with Gasteiger partial charge in [0.15, 0.2) is 0 Å². The van der Waals surface area contributed by atoms with Crippen LogP contribution < -0.4 is 10.6 Å². The van der Waals surface area contributed by atoms with Crippen LogP contribution in [0.1, 0.15) is 39.2 Å². The molecule has 7 heteroatoms. The van der Waals surface area contributed by atoms with Crippen LogP contribution >= 0.6 is 0 Å². The predicted octanol–water partition coefficient (Wildman–Crippen LogP) is 3.27. The zero-order valence-corrected chi connectivity index (χ0v) is 15.0. The Balaban J connectivity index is 1.85. The number of hydrogen-bond donors (Lipinski definition) is 3. The third-order valence-corrected chi connectivity index (χ3v) is 3.94. The Bertz CT molecular complexity index is 595. The topological polar surface area (TPSA) is 90.9 Å². The van der Waals surface area contributed by atoms with Crippen molar-refractivity contribution in [2.75, 3.05) is 18.4 Å². The van der Waals surface area contributed by atoms with Crippen molar-refractivity contribution in [3.63, 3.8) is 0 Å². The molecule has 1 unspecified atom stereocenters. The van der Waals surface area contributed by atoms with Gasteiger partial charge in [0.05, 0.1) is 6.04 Å². The molecule has 3 N–H and O–H groups in total. The molecule has 1 fully saturated rings. The van der Waals surface area contributed by atoms with Crippen LogP contribution in [0.5, 0.6) is 0 Å². The molecule has 2 amide bonds. The van der Waals surface area contributed by atoms with Crippen molar-refractivity contribution in [1.29, 1.82) is 0 Å². The summed E-state index contributed by atoms with van der Waals surface area (Å²) in [5, 5.41) is 14.3. The summed E-state index contributed by atoms with van der Waals surface area (Å²) in [5.41, 5.74) is 1.34. The zero-order valence-electron chi connectivity index (χ0n) is 15.0. The van der Waals surface area contributed by atoms with Crippen molar-refractivity contribution >= 4 is 17.9 Å². The lowest BCUT2D eigenvalue weighted by Crippen LogP contribution is -2.42. The van der Waals surface area contributed by atoms with Gasteiger partial charge in [0.25, 0.3) is 0 Å². The van der Waals surface area contributed by atoms with Crippen LogP contribution in [0.2, 0.25) is 0 Å². The Morgan fingerprint density at radius 3 is 2.56 bits per heavy atom. The van der Waals surface area contributed by atoms with Crippen molar-refractivity contribution in [3.05, 3.63) is 29.8 Å². The average Bonchev–Trinajstić information content (AvgIpc) is 2.99. The van der Waals surface area contributed by atoms with Gasteiger partial charge in [-0.3, -0.25) is 0 Å². The Morgan fingerprint density at radius 1 is 1.28 bits per heavy atom. The van der Waals surface area contributed by atoms with E-state index >= 15 is 0 Å². The van der Waals surface area contributed by atoms with Gasteiger partial charge in [-0.25, -0.2) is 9.59 Å². The van der Waals surface area contributed by atoms with Crippen LogP contribution in [0, 0.1) is 0 Å². The van der Waals surface area contributed by atoms with E-state index in [2.05, 4.69) is 10.6 Å². The number of carbonyl (C=O) groups excluding carboxylic acids is 1. The van der Waals surface area contributed by atoms with Crippen molar-refractivity contribution < 1.29 is 19.4 Å². The number of rotatable bonds is 5. The van der Waals surface area contributed by atoms with E-state index in [1.54, 1.807) is 4.90 Å². The summed E-state index contributed by atoms with van der Waals surface area (Å²) in [7, 11) is 0. The smallest absolute Gasteiger partial charge is 0.410 e. The number of carbonyl (C=O) groups is 2. The Labute approximate surface area is 148 Å². The molecule has 0 saturated carbocycles. The summed E-state index contributed by atoms with van der Waals surface area (Å²) in [6.45, 7) is 7.27. The van der Waals surface area contributed by atoms with Gasteiger partial charge in [0.1, 0.15) is 5.60 Å². The first-order chi connectivity index (χ1) is 11.7. The molecule has 0 bridgehead atoms. The summed E-state index contributed by atoms with van der Waals surface area (Å²) in [4.78, 5) is 24.6. The highest BCUT2D eigenvalue weighted by atomic mass is 16.6. The van der Waals surface area contributed by atoms with Crippen LogP contribution in [0.25, 0.3) is 0 Å². The number of ether oxygens (including phenoxy) is 1. The first-order valence-electron chi connectivity index (χ1n) is 8.54. The van der Waals surface area contributed by atoms with Gasteiger partial charge in [0.2, 0.25) is 0 Å². The molecule has 0 spiro atoms. The standard InChI is InChI=1S/C18H27N3O4/c1-18(2,3)25-17(24)21-10-4-5-15(21)12-19-14-8-6-13(7-9-14)11-20-16(22)23/h6-9,15,19-20H,4-5,10-12H2,1-3H3,(H,22,23). The van der Waals surface area contributed by atoms with E-state index in [9.17, 15) is 9.59 Å². The molecule has 1 heterocycles. The van der Waals surface area contributed by atoms with Crippen LogP contribution in [0.15, 0.2) is 24.3 Å². The van der Waals surface area contributed by atoms with Gasteiger partial charge in [0, 0.05) is 25.3 Å². The maximum absolute atomic E-state index is 12.3. The third-order valence-electron chi connectivity index (χ3n) is 3.94. The molecule has 1 atom stereocenters. The molecule has 1 saturated heterocycles. The highest BCUT2D eigenvalue weighted by Crippen LogP contribution is 2.21. The lowest BCUT2D eigenvalue weighted by atomic mass is 10.2. The Morgan fingerprint density at radius 2 is 1.96 bits per heavy atom. The summed E-state index contributed by atoms with van der Waals surface area (Å²) in [5.74, 6) is 0. The fourth-order valence-electron chi connectivity index (χ4n) is 2.76. The second-order valence-corrected chi connectivity index (χ2v) is 7.21. The number of amides is 2. The second-order valence-electron chi connectivity index (χ2n) is 7.21. The molecular formula is C18H27N3O4. The molecule has 25 heavy (non-hydrogen) atoms. The fraction of sp³-hybridized carbons (Fsp3) is 0.556. The molecule has 7 nitrogen and oxygen atoms in total. The Hall–Kier alpha value is -2.44. The summed E-state index contributed by atoms with van der Waals surface area (Å²) in [6, 6.07) is 7.68. The van der Waals surface area contributed by atoms with Gasteiger partial charge >= 0.3 is 12.2 Å². The zero-order chi connectivity index (χ0) is 18.4. The molecule has 1 aromatic carbocycles. The largest absolute Gasteiger partial charge is 0.465 e. The number of likely N-dealkylation sites (tertiary alicyclic amines) is 1. The predicted molar refractivity (Wildman–Crippen MR) is 95.8 cm³/mol. The average molecular weight is 349 g/mol. The van der Waals surface area contributed by atoms with E-state index < -0.39 is 11.7 Å². The third kappa shape index (κ3) is 6.17. The number of anilines is 1. The number of nitrogens with zero attached hydrogens (tertiary/aromatic N) is 1. The van der Waals surface area contributed by atoms with Gasteiger partial charge in [-0.1, -0.05) is 12.1 Å². The normalized spacial score (nSPS) is 17.2. The van der Waals surface area contributed by atoms with Gasteiger partial charge < -0.3 is 25.4 Å². The Kier molecular flexibility index (Phi) is 6.12. The molecule has 0 aliphatic carbocycles. The minimum absolute atomic E-state index is 0.114. The molecule has 1 aromatic rings. The van der Waals surface area contributed by atoms with Gasteiger partial charge in [-0.05, 0) is 51.3 Å². The minimum atomic E-state index is -1.04. The van der Waals surface area contributed by atoms with Crippen molar-refractivity contribution in [3.8, 4) is 0 Å². The van der Waals surface area contributed by atoms with Crippen LogP contribution in [0.4, 0.5) is 15.3 Å². The summed E-state index contributed by atoms with van der Waals surface area (Å²) < 4.78 is 5.47. The van der Waals surface area contributed by atoms with Crippen LogP contribution in [-0.4, -0.2) is 46.9 Å². The first kappa shape index (κ1) is 18.9. The van der Waals surface area contributed by atoms with E-state index in [1.807, 2.05) is 45.0 Å². The quantitative estimate of drug-likeness (QED) is 0.759. The van der Waals surface area contributed by atoms with Gasteiger partial charge in [-0.2, -0.15) is 0 Å². The molecule has 138 valence electrons. The number of nitrogens with one attached hydrogen (secondary N) is 2. The SMILES string of the molecule is CC(C)(C)OC(=O)N1CCCC1CNc1ccc(CNC(=O)O)cc1. The monoisotopic (exact) mass is 349 g/mol. The van der Waals surface area contributed by atoms with E-state index in [1.165, 1.54) is 0 Å².